The van der Waals surface area contributed by atoms with E-state index in [-0.39, 0.29) is 39.6 Å². The Hall–Kier alpha value is -4.67. The minimum Gasteiger partial charge on any atom is -0.399 e. The quantitative estimate of drug-likeness (QED) is 0.0368. The van der Waals surface area contributed by atoms with Gasteiger partial charge in [-0.2, -0.15) is 0 Å². The van der Waals surface area contributed by atoms with Gasteiger partial charge in [0.2, 0.25) is 22.3 Å². The number of hydrogen-bond acceptors (Lipinski definition) is 8. The highest BCUT2D eigenvalue weighted by molar-refractivity contribution is 6.63. The third-order valence-electron chi connectivity index (χ3n) is 8.45. The molecule has 0 atom stereocenters. The molecule has 0 unspecified atom stereocenters. The van der Waals surface area contributed by atoms with E-state index in [1.165, 1.54) is 20.8 Å². The van der Waals surface area contributed by atoms with Crippen LogP contribution < -0.4 is 16.4 Å². The summed E-state index contributed by atoms with van der Waals surface area (Å²) in [6, 6.07) is 20.9. The van der Waals surface area contributed by atoms with Gasteiger partial charge in [-0.15, -0.1) is 0 Å². The van der Waals surface area contributed by atoms with Crippen LogP contribution in [0.15, 0.2) is 72.8 Å². The lowest BCUT2D eigenvalue weighted by molar-refractivity contribution is -0.117. The van der Waals surface area contributed by atoms with Gasteiger partial charge < -0.3 is 16.4 Å². The first-order valence-corrected chi connectivity index (χ1v) is 20.0. The fourth-order valence-electron chi connectivity index (χ4n) is 5.35. The van der Waals surface area contributed by atoms with Crippen molar-refractivity contribution in [2.45, 2.75) is 124 Å². The summed E-state index contributed by atoms with van der Waals surface area (Å²) in [5, 5.41) is 5.17. The van der Waals surface area contributed by atoms with E-state index < -0.39 is 0 Å². The topological polar surface area (TPSA) is 170 Å². The zero-order valence-electron chi connectivity index (χ0n) is 32.9. The Labute approximate surface area is 341 Å². The minimum absolute atomic E-state index is 0.0271. The van der Waals surface area contributed by atoms with Crippen molar-refractivity contribution in [2.75, 3.05) is 16.4 Å². The second kappa shape index (κ2) is 29.6. The summed E-state index contributed by atoms with van der Waals surface area (Å²) in [7, 11) is 0. The number of ketones is 3. The molecule has 3 aromatic rings. The minimum atomic E-state index is -0.252. The number of Topliss-reactive ketones (excluding diaryl/α,β-unsaturated/α-hetero) is 3. The number of carbonyl (C=O) groups excluding carboxylic acids is 7. The molecule has 3 aromatic carbocycles. The average molecular weight is 811 g/mol. The first-order chi connectivity index (χ1) is 26.7. The molecule has 0 fully saturated rings. The third-order valence-corrected chi connectivity index (χ3v) is 8.83. The summed E-state index contributed by atoms with van der Waals surface area (Å²) in [5.41, 5.74) is 9.21. The van der Waals surface area contributed by atoms with E-state index >= 15 is 0 Å². The van der Waals surface area contributed by atoms with Gasteiger partial charge in [-0.3, -0.25) is 33.6 Å². The van der Waals surface area contributed by atoms with Crippen LogP contribution >= 0.6 is 23.2 Å². The molecule has 0 aromatic heterocycles. The van der Waals surface area contributed by atoms with Crippen LogP contribution in [0.2, 0.25) is 0 Å². The number of nitrogens with two attached hydrogens (primary N) is 1. The highest BCUT2D eigenvalue weighted by atomic mass is 35.5. The highest BCUT2D eigenvalue weighted by Gasteiger charge is 2.07. The Morgan fingerprint density at radius 2 is 0.750 bits per heavy atom. The average Bonchev–Trinajstić information content (AvgIpc) is 3.14. The van der Waals surface area contributed by atoms with E-state index in [1.807, 2.05) is 0 Å². The molecule has 56 heavy (non-hydrogen) atoms. The number of halogens is 2. The summed E-state index contributed by atoms with van der Waals surface area (Å²) in [5.74, 6) is -0.0961. The van der Waals surface area contributed by atoms with E-state index in [0.717, 1.165) is 77.0 Å². The molecule has 10 nitrogen and oxygen atoms in total. The SMILES string of the molecule is CC(=O)c1cccc(N)c1.CC(=O)c1cccc(NC(=O)CCCCCCCCC(=O)Nc2cccc(C(C)=O)c2)c1.O=C(Cl)CCCCCCCCC(=O)Cl. The number of carbonyl (C=O) groups is 7. The standard InChI is InChI=1S/C26H32N2O4.C10H16Cl2O2.C8H9NO/c1-19(29)21-11-9-13-23(17-21)27-25(31)15-7-5-3-4-6-8-16-26(32)28-24-14-10-12-22(18-24)20(2)30;11-9(13)7-5-3-1-2-4-6-8-10(12)14;1-6(10)7-3-2-4-8(9)5-7/h9-14,17-18H,3-8,15-16H2,1-2H3,(H,27,31)(H,28,32);1-8H2;2-5H,9H2,1H3. The summed E-state index contributed by atoms with van der Waals surface area (Å²) in [6.07, 6.45) is 13.5. The maximum atomic E-state index is 12.1. The Balaban J connectivity index is 0.000000533. The maximum absolute atomic E-state index is 12.1. The fraction of sp³-hybridized carbons (Fsp3) is 0.432. The molecule has 0 bridgehead atoms. The van der Waals surface area contributed by atoms with Gasteiger partial charge in [-0.25, -0.2) is 0 Å². The van der Waals surface area contributed by atoms with Gasteiger partial charge in [-0.05, 0) is 106 Å². The maximum Gasteiger partial charge on any atom is 0.224 e. The van der Waals surface area contributed by atoms with Crippen molar-refractivity contribution in [1.29, 1.82) is 0 Å². The van der Waals surface area contributed by atoms with Crippen molar-refractivity contribution < 1.29 is 33.6 Å². The van der Waals surface area contributed by atoms with Gasteiger partial charge in [0.05, 0.1) is 0 Å². The van der Waals surface area contributed by atoms with Crippen molar-refractivity contribution in [2.24, 2.45) is 0 Å². The van der Waals surface area contributed by atoms with Crippen LogP contribution in [0, 0.1) is 0 Å². The summed E-state index contributed by atoms with van der Waals surface area (Å²) >= 11 is 10.4. The van der Waals surface area contributed by atoms with Crippen molar-refractivity contribution in [3.8, 4) is 0 Å². The normalized spacial score (nSPS) is 10.2. The summed E-state index contributed by atoms with van der Waals surface area (Å²) < 4.78 is 0. The number of benzene rings is 3. The second-order valence-electron chi connectivity index (χ2n) is 13.5. The van der Waals surface area contributed by atoms with Crippen molar-refractivity contribution in [3.05, 3.63) is 89.5 Å². The zero-order valence-corrected chi connectivity index (χ0v) is 34.4. The monoisotopic (exact) mass is 809 g/mol. The number of rotatable bonds is 23. The van der Waals surface area contributed by atoms with E-state index in [0.29, 0.717) is 59.4 Å². The number of nitrogens with one attached hydrogen (secondary N) is 2. The smallest absolute Gasteiger partial charge is 0.224 e. The van der Waals surface area contributed by atoms with Crippen LogP contribution in [0.25, 0.3) is 0 Å². The van der Waals surface area contributed by atoms with E-state index in [2.05, 4.69) is 10.6 Å². The van der Waals surface area contributed by atoms with Crippen LogP contribution in [0.3, 0.4) is 0 Å². The van der Waals surface area contributed by atoms with Crippen molar-refractivity contribution in [1.82, 2.24) is 0 Å². The van der Waals surface area contributed by atoms with Gasteiger partial charge in [0.1, 0.15) is 0 Å². The molecule has 4 N–H and O–H groups in total. The molecule has 3 rings (SSSR count). The highest BCUT2D eigenvalue weighted by Crippen LogP contribution is 2.15. The van der Waals surface area contributed by atoms with Gasteiger partial charge in [-0.1, -0.05) is 87.8 Å². The molecule has 304 valence electrons. The molecule has 12 heteroatoms. The summed E-state index contributed by atoms with van der Waals surface area (Å²) in [4.78, 5) is 78.4. The van der Waals surface area contributed by atoms with Gasteiger partial charge >= 0.3 is 0 Å². The number of nitrogen functional groups attached to an aromatic ring is 1. The molecule has 0 saturated heterocycles. The fourth-order valence-corrected chi connectivity index (χ4v) is 5.62. The second-order valence-corrected chi connectivity index (χ2v) is 14.3. The molecule has 0 heterocycles. The molecule has 0 spiro atoms. The third kappa shape index (κ3) is 25.4. The predicted octanol–water partition coefficient (Wildman–Crippen LogP) is 10.9. The molecule has 0 aliphatic heterocycles. The van der Waals surface area contributed by atoms with E-state index in [9.17, 15) is 33.6 Å². The van der Waals surface area contributed by atoms with Crippen molar-refractivity contribution >= 4 is 79.9 Å². The van der Waals surface area contributed by atoms with Gasteiger partial charge in [0.25, 0.3) is 0 Å². The van der Waals surface area contributed by atoms with Crippen LogP contribution in [0.5, 0.6) is 0 Å². The number of amides is 2. The first-order valence-electron chi connectivity index (χ1n) is 19.2. The van der Waals surface area contributed by atoms with Crippen LogP contribution in [0.1, 0.15) is 155 Å². The lowest BCUT2D eigenvalue weighted by Crippen LogP contribution is -2.11. The largest absolute Gasteiger partial charge is 0.399 e. The Kier molecular flexibility index (Phi) is 26.1. The molecule has 0 saturated carbocycles. The Morgan fingerprint density at radius 3 is 1.05 bits per heavy atom. The Morgan fingerprint density at radius 1 is 0.446 bits per heavy atom. The first kappa shape index (κ1) is 49.3. The van der Waals surface area contributed by atoms with E-state index in [1.54, 1.807) is 72.8 Å². The van der Waals surface area contributed by atoms with E-state index in [4.69, 9.17) is 28.9 Å². The lowest BCUT2D eigenvalue weighted by Gasteiger charge is -2.07. The van der Waals surface area contributed by atoms with Crippen molar-refractivity contribution in [3.63, 3.8) is 0 Å². The zero-order chi connectivity index (χ0) is 41.7. The lowest BCUT2D eigenvalue weighted by atomic mass is 10.1. The molecule has 2 amide bonds. The number of hydrogen-bond donors (Lipinski definition) is 3. The van der Waals surface area contributed by atoms with Crippen LogP contribution in [-0.4, -0.2) is 39.6 Å². The van der Waals surface area contributed by atoms with Gasteiger partial charge in [0, 0.05) is 59.4 Å². The summed E-state index contributed by atoms with van der Waals surface area (Å²) in [6.45, 7) is 4.53. The number of anilines is 3. The predicted molar refractivity (Wildman–Crippen MR) is 227 cm³/mol. The molecule has 0 aliphatic carbocycles. The molecular weight excluding hydrogens is 753 g/mol. The van der Waals surface area contributed by atoms with Crippen LogP contribution in [0.4, 0.5) is 17.1 Å². The van der Waals surface area contributed by atoms with Crippen LogP contribution in [-0.2, 0) is 19.2 Å². The Bertz CT molecular complexity index is 1630. The molecule has 0 radical (unpaired) electrons. The molecule has 0 aliphatic rings. The molecular formula is C44H57Cl2N3O7. The van der Waals surface area contributed by atoms with Gasteiger partial charge in [0.15, 0.2) is 17.3 Å². The number of unbranched alkanes of at least 4 members (excludes halogenated alkanes) is 10.